The van der Waals surface area contributed by atoms with Crippen molar-refractivity contribution in [3.05, 3.63) is 30.3 Å². The highest BCUT2D eigenvalue weighted by Gasteiger charge is 2.01. The molecule has 0 aliphatic heterocycles. The SMILES string of the molecule is C=Cc1ccc(OC(C)=O)cc1O. The molecule has 3 nitrogen and oxygen atoms in total. The Bertz CT molecular complexity index is 342. The van der Waals surface area contributed by atoms with Crippen LogP contribution in [0.5, 0.6) is 11.5 Å². The van der Waals surface area contributed by atoms with E-state index in [-0.39, 0.29) is 5.75 Å². The summed E-state index contributed by atoms with van der Waals surface area (Å²) in [5.74, 6) is -0.0323. The lowest BCUT2D eigenvalue weighted by atomic mass is 10.2. The molecule has 0 aliphatic rings. The van der Waals surface area contributed by atoms with Crippen LogP contribution >= 0.6 is 0 Å². The summed E-state index contributed by atoms with van der Waals surface area (Å²) >= 11 is 0. The molecule has 0 amide bonds. The van der Waals surface area contributed by atoms with Gasteiger partial charge in [0.25, 0.3) is 0 Å². The average molecular weight is 178 g/mol. The fourth-order valence-corrected chi connectivity index (χ4v) is 0.926. The molecular weight excluding hydrogens is 168 g/mol. The monoisotopic (exact) mass is 178 g/mol. The normalized spacial score (nSPS) is 9.31. The summed E-state index contributed by atoms with van der Waals surface area (Å²) in [6, 6.07) is 4.59. The fraction of sp³-hybridized carbons (Fsp3) is 0.100. The van der Waals surface area contributed by atoms with Gasteiger partial charge >= 0.3 is 5.97 Å². The number of phenolic OH excluding ortho intramolecular Hbond substituents is 1. The molecule has 0 saturated carbocycles. The summed E-state index contributed by atoms with van der Waals surface area (Å²) in [6.45, 7) is 4.82. The van der Waals surface area contributed by atoms with E-state index in [2.05, 4.69) is 6.58 Å². The zero-order valence-corrected chi connectivity index (χ0v) is 7.28. The highest BCUT2D eigenvalue weighted by molar-refractivity contribution is 5.70. The van der Waals surface area contributed by atoms with E-state index in [1.807, 2.05) is 0 Å². The van der Waals surface area contributed by atoms with Gasteiger partial charge < -0.3 is 9.84 Å². The first-order valence-electron chi connectivity index (χ1n) is 3.77. The van der Waals surface area contributed by atoms with Crippen LogP contribution in [-0.4, -0.2) is 11.1 Å². The van der Waals surface area contributed by atoms with Gasteiger partial charge in [0, 0.05) is 18.6 Å². The van der Waals surface area contributed by atoms with Crippen LogP contribution in [0.1, 0.15) is 12.5 Å². The molecule has 1 rings (SSSR count). The number of benzene rings is 1. The van der Waals surface area contributed by atoms with E-state index in [1.165, 1.54) is 19.1 Å². The molecule has 0 bridgehead atoms. The smallest absolute Gasteiger partial charge is 0.308 e. The Labute approximate surface area is 76.3 Å². The van der Waals surface area contributed by atoms with Crippen LogP contribution in [0.2, 0.25) is 0 Å². The number of ether oxygens (including phenoxy) is 1. The number of carbonyl (C=O) groups excluding carboxylic acids is 1. The molecule has 0 heterocycles. The predicted molar refractivity (Wildman–Crippen MR) is 49.5 cm³/mol. The van der Waals surface area contributed by atoms with Crippen molar-refractivity contribution in [2.24, 2.45) is 0 Å². The Morgan fingerprint density at radius 1 is 1.62 bits per heavy atom. The third kappa shape index (κ3) is 2.33. The van der Waals surface area contributed by atoms with E-state index < -0.39 is 5.97 Å². The lowest BCUT2D eigenvalue weighted by molar-refractivity contribution is -0.131. The Morgan fingerprint density at radius 3 is 2.77 bits per heavy atom. The van der Waals surface area contributed by atoms with Gasteiger partial charge in [0.15, 0.2) is 0 Å². The molecule has 13 heavy (non-hydrogen) atoms. The van der Waals surface area contributed by atoms with Crippen LogP contribution in [0.15, 0.2) is 24.8 Å². The van der Waals surface area contributed by atoms with Gasteiger partial charge in [-0.1, -0.05) is 12.7 Å². The summed E-state index contributed by atoms with van der Waals surface area (Å²) in [5.41, 5.74) is 0.607. The first-order chi connectivity index (χ1) is 6.13. The van der Waals surface area contributed by atoms with Crippen molar-refractivity contribution in [2.45, 2.75) is 6.92 Å². The van der Waals surface area contributed by atoms with Crippen molar-refractivity contribution in [3.8, 4) is 11.5 Å². The number of esters is 1. The summed E-state index contributed by atoms with van der Waals surface area (Å²) in [7, 11) is 0. The maximum atomic E-state index is 10.6. The van der Waals surface area contributed by atoms with Gasteiger partial charge in [-0.3, -0.25) is 4.79 Å². The standard InChI is InChI=1S/C10H10O3/c1-3-8-4-5-9(6-10(8)12)13-7(2)11/h3-6,12H,1H2,2H3. The van der Waals surface area contributed by atoms with Gasteiger partial charge in [0.05, 0.1) is 0 Å². The topological polar surface area (TPSA) is 46.5 Å². The molecule has 0 aromatic heterocycles. The summed E-state index contributed by atoms with van der Waals surface area (Å²) in [6.07, 6.45) is 1.52. The molecule has 0 radical (unpaired) electrons. The second kappa shape index (κ2) is 3.76. The van der Waals surface area contributed by atoms with Gasteiger partial charge in [-0.25, -0.2) is 0 Å². The van der Waals surface area contributed by atoms with E-state index in [0.717, 1.165) is 0 Å². The number of hydrogen-bond donors (Lipinski definition) is 1. The summed E-state index contributed by atoms with van der Waals surface area (Å²) in [5, 5.41) is 9.34. The van der Waals surface area contributed by atoms with Crippen LogP contribution in [0, 0.1) is 0 Å². The number of aromatic hydroxyl groups is 1. The minimum Gasteiger partial charge on any atom is -0.507 e. The number of phenols is 1. The highest BCUT2D eigenvalue weighted by atomic mass is 16.5. The molecule has 0 unspecified atom stereocenters. The largest absolute Gasteiger partial charge is 0.507 e. The van der Waals surface area contributed by atoms with Crippen LogP contribution in [0.25, 0.3) is 6.08 Å². The quantitative estimate of drug-likeness (QED) is 0.556. The fourth-order valence-electron chi connectivity index (χ4n) is 0.926. The van der Waals surface area contributed by atoms with Crippen LogP contribution in [-0.2, 0) is 4.79 Å². The van der Waals surface area contributed by atoms with E-state index in [4.69, 9.17) is 4.74 Å². The van der Waals surface area contributed by atoms with E-state index in [1.54, 1.807) is 12.1 Å². The Kier molecular flexibility index (Phi) is 2.69. The van der Waals surface area contributed by atoms with E-state index >= 15 is 0 Å². The third-order valence-electron chi connectivity index (χ3n) is 1.48. The zero-order chi connectivity index (χ0) is 9.84. The number of hydrogen-bond acceptors (Lipinski definition) is 3. The lowest BCUT2D eigenvalue weighted by Crippen LogP contribution is -2.00. The first-order valence-corrected chi connectivity index (χ1v) is 3.77. The van der Waals surface area contributed by atoms with Crippen molar-refractivity contribution in [2.75, 3.05) is 0 Å². The molecule has 0 fully saturated rings. The lowest BCUT2D eigenvalue weighted by Gasteiger charge is -2.03. The molecular formula is C10H10O3. The maximum absolute atomic E-state index is 10.6. The van der Waals surface area contributed by atoms with Crippen molar-refractivity contribution in [1.29, 1.82) is 0 Å². The van der Waals surface area contributed by atoms with Crippen LogP contribution < -0.4 is 4.74 Å². The summed E-state index contributed by atoms with van der Waals surface area (Å²) in [4.78, 5) is 10.6. The first kappa shape index (κ1) is 9.32. The minimum absolute atomic E-state index is 0.0498. The van der Waals surface area contributed by atoms with Gasteiger partial charge in [-0.15, -0.1) is 0 Å². The zero-order valence-electron chi connectivity index (χ0n) is 7.28. The molecule has 0 aliphatic carbocycles. The van der Waals surface area contributed by atoms with E-state index in [9.17, 15) is 9.90 Å². The molecule has 3 heteroatoms. The van der Waals surface area contributed by atoms with Crippen molar-refractivity contribution < 1.29 is 14.6 Å². The number of rotatable bonds is 2. The minimum atomic E-state index is -0.411. The maximum Gasteiger partial charge on any atom is 0.308 e. The van der Waals surface area contributed by atoms with Gasteiger partial charge in [-0.05, 0) is 12.1 Å². The molecule has 0 spiro atoms. The third-order valence-corrected chi connectivity index (χ3v) is 1.48. The Balaban J connectivity index is 2.95. The second-order valence-corrected chi connectivity index (χ2v) is 2.52. The Morgan fingerprint density at radius 2 is 2.31 bits per heavy atom. The molecule has 1 N–H and O–H groups in total. The van der Waals surface area contributed by atoms with Crippen LogP contribution in [0.3, 0.4) is 0 Å². The molecule has 0 atom stereocenters. The highest BCUT2D eigenvalue weighted by Crippen LogP contribution is 2.24. The van der Waals surface area contributed by atoms with Crippen LogP contribution in [0.4, 0.5) is 0 Å². The predicted octanol–water partition coefficient (Wildman–Crippen LogP) is 1.96. The van der Waals surface area contributed by atoms with Gasteiger partial charge in [0.1, 0.15) is 11.5 Å². The molecule has 0 saturated heterocycles. The average Bonchev–Trinajstić information content (AvgIpc) is 2.03. The van der Waals surface area contributed by atoms with Gasteiger partial charge in [0.2, 0.25) is 0 Å². The molecule has 1 aromatic carbocycles. The second-order valence-electron chi connectivity index (χ2n) is 2.52. The van der Waals surface area contributed by atoms with Crippen molar-refractivity contribution in [1.82, 2.24) is 0 Å². The number of carbonyl (C=O) groups is 1. The van der Waals surface area contributed by atoms with Gasteiger partial charge in [-0.2, -0.15) is 0 Å². The summed E-state index contributed by atoms with van der Waals surface area (Å²) < 4.78 is 4.76. The molecule has 1 aromatic rings. The van der Waals surface area contributed by atoms with Crippen molar-refractivity contribution in [3.63, 3.8) is 0 Å². The Hall–Kier alpha value is -1.77. The molecule has 68 valence electrons. The van der Waals surface area contributed by atoms with Crippen molar-refractivity contribution >= 4 is 12.0 Å². The van der Waals surface area contributed by atoms with E-state index in [0.29, 0.717) is 11.3 Å².